The second-order valence-electron chi connectivity index (χ2n) is 2.74. The van der Waals surface area contributed by atoms with Crippen molar-refractivity contribution in [2.24, 2.45) is 4.99 Å². The Morgan fingerprint density at radius 2 is 2.14 bits per heavy atom. The van der Waals surface area contributed by atoms with Gasteiger partial charge in [0.05, 0.1) is 17.3 Å². The molecule has 80 valence electrons. The molecule has 0 saturated carbocycles. The van der Waals surface area contributed by atoms with E-state index in [2.05, 4.69) is 17.6 Å². The van der Waals surface area contributed by atoms with Crippen molar-refractivity contribution in [2.75, 3.05) is 13.7 Å². The summed E-state index contributed by atoms with van der Waals surface area (Å²) in [6.07, 6.45) is 1.21. The van der Waals surface area contributed by atoms with Crippen LogP contribution in [0.4, 0.5) is 4.79 Å². The molecule has 0 rings (SSSR count). The van der Waals surface area contributed by atoms with Crippen LogP contribution in [0.25, 0.3) is 0 Å². The van der Waals surface area contributed by atoms with Crippen molar-refractivity contribution < 1.29 is 9.53 Å². The normalized spacial score (nSPS) is 12.6. The van der Waals surface area contributed by atoms with Crippen LogP contribution in [0.15, 0.2) is 16.9 Å². The second kappa shape index (κ2) is 6.48. The molecule has 5 heteroatoms. The summed E-state index contributed by atoms with van der Waals surface area (Å²) in [7, 11) is 1.62. The van der Waals surface area contributed by atoms with Gasteiger partial charge in [0.25, 0.3) is 0 Å². The van der Waals surface area contributed by atoms with Crippen molar-refractivity contribution in [3.05, 3.63) is 11.9 Å². The molecule has 0 aliphatic rings. The minimum absolute atomic E-state index is 0.366. The third-order valence-corrected chi connectivity index (χ3v) is 1.37. The highest BCUT2D eigenvalue weighted by atomic mass is 32.1. The van der Waals surface area contributed by atoms with Gasteiger partial charge < -0.3 is 4.74 Å². The van der Waals surface area contributed by atoms with E-state index in [-0.39, 0.29) is 6.09 Å². The highest BCUT2D eigenvalue weighted by Gasteiger charge is 2.05. The molecule has 0 bridgehead atoms. The molecular weight excluding hydrogens is 200 g/mol. The predicted octanol–water partition coefficient (Wildman–Crippen LogP) is 2.28. The van der Waals surface area contributed by atoms with Crippen molar-refractivity contribution in [3.63, 3.8) is 0 Å². The molecule has 0 aromatic heterocycles. The molecule has 0 aromatic carbocycles. The average Bonchev–Trinajstić information content (AvgIpc) is 2.02. The fourth-order valence-corrected chi connectivity index (χ4v) is 1.00. The summed E-state index contributed by atoms with van der Waals surface area (Å²) in [5.41, 5.74) is 0.702. The quantitative estimate of drug-likeness (QED) is 0.447. The Balaban J connectivity index is 4.35. The zero-order valence-electron chi connectivity index (χ0n) is 8.94. The molecule has 14 heavy (non-hydrogen) atoms. The fraction of sp³-hybridized carbons (Fsp3) is 0.556. The maximum Gasteiger partial charge on any atom is 0.413 e. The fourth-order valence-electron chi connectivity index (χ4n) is 0.842. The van der Waals surface area contributed by atoms with Gasteiger partial charge in [-0.05, 0) is 20.8 Å². The molecular formula is C9H16N2O2S. The molecule has 0 spiro atoms. The molecule has 0 aliphatic heterocycles. The lowest BCUT2D eigenvalue weighted by atomic mass is 10.5. The van der Waals surface area contributed by atoms with Crippen molar-refractivity contribution in [1.29, 1.82) is 0 Å². The Hall–Kier alpha value is -0.970. The van der Waals surface area contributed by atoms with E-state index in [1.807, 2.05) is 0 Å². The maximum atomic E-state index is 11.2. The number of ether oxygens (including phenoxy) is 1. The summed E-state index contributed by atoms with van der Waals surface area (Å²) in [5.74, 6) is 0. The minimum Gasteiger partial charge on any atom is -0.449 e. The van der Waals surface area contributed by atoms with Crippen molar-refractivity contribution in [1.82, 2.24) is 4.90 Å². The molecule has 0 aromatic rings. The van der Waals surface area contributed by atoms with E-state index >= 15 is 0 Å². The first-order valence-electron chi connectivity index (χ1n) is 4.29. The predicted molar refractivity (Wildman–Crippen MR) is 60.6 cm³/mol. The second-order valence-corrected chi connectivity index (χ2v) is 3.39. The van der Waals surface area contributed by atoms with Gasteiger partial charge in [0.15, 0.2) is 0 Å². The van der Waals surface area contributed by atoms with Crippen molar-refractivity contribution in [3.8, 4) is 0 Å². The average molecular weight is 216 g/mol. The monoisotopic (exact) mass is 216 g/mol. The first-order valence-corrected chi connectivity index (χ1v) is 4.74. The number of aliphatic imine (C=N–C) groups is 1. The Labute approximate surface area is 90.1 Å². The minimum atomic E-state index is -0.390. The number of nitrogens with zero attached hydrogens (tertiary/aromatic N) is 2. The largest absolute Gasteiger partial charge is 0.449 e. The molecule has 0 radical (unpaired) electrons. The lowest BCUT2D eigenvalue weighted by molar-refractivity contribution is 0.128. The summed E-state index contributed by atoms with van der Waals surface area (Å²) in [6, 6.07) is 0. The third-order valence-electron chi connectivity index (χ3n) is 1.27. The number of allylic oxidation sites excluding steroid dienone is 1. The lowest BCUT2D eigenvalue weighted by Crippen LogP contribution is -2.22. The molecule has 0 unspecified atom stereocenters. The first-order chi connectivity index (χ1) is 6.47. The van der Waals surface area contributed by atoms with E-state index in [0.717, 1.165) is 0 Å². The van der Waals surface area contributed by atoms with Crippen LogP contribution in [0.5, 0.6) is 0 Å². The molecule has 0 aliphatic carbocycles. The summed E-state index contributed by atoms with van der Waals surface area (Å²) in [6.45, 7) is 5.68. The molecule has 4 nitrogen and oxygen atoms in total. The highest BCUT2D eigenvalue weighted by molar-refractivity contribution is 7.96. The summed E-state index contributed by atoms with van der Waals surface area (Å²) >= 11 is 4.03. The van der Waals surface area contributed by atoms with Gasteiger partial charge in [-0.3, -0.25) is 9.89 Å². The lowest BCUT2D eigenvalue weighted by Gasteiger charge is -2.11. The Bertz CT molecular complexity index is 258. The van der Waals surface area contributed by atoms with Gasteiger partial charge in [0.2, 0.25) is 0 Å². The Morgan fingerprint density at radius 1 is 1.57 bits per heavy atom. The van der Waals surface area contributed by atoms with Crippen LogP contribution < -0.4 is 0 Å². The van der Waals surface area contributed by atoms with E-state index in [9.17, 15) is 4.79 Å². The zero-order chi connectivity index (χ0) is 11.1. The summed E-state index contributed by atoms with van der Waals surface area (Å²) < 4.78 is 4.78. The first kappa shape index (κ1) is 13.0. The number of hydrogen-bond acceptors (Lipinski definition) is 3. The summed E-state index contributed by atoms with van der Waals surface area (Å²) in [4.78, 5) is 16.6. The Morgan fingerprint density at radius 3 is 2.57 bits per heavy atom. The highest BCUT2D eigenvalue weighted by Crippen LogP contribution is 2.01. The maximum absolute atomic E-state index is 11.2. The van der Waals surface area contributed by atoms with Gasteiger partial charge in [-0.1, -0.05) is 0 Å². The van der Waals surface area contributed by atoms with E-state index in [1.165, 1.54) is 4.90 Å². The van der Waals surface area contributed by atoms with Crippen LogP contribution in [-0.2, 0) is 4.74 Å². The molecule has 0 heterocycles. The Kier molecular flexibility index (Phi) is 6.03. The van der Waals surface area contributed by atoms with Gasteiger partial charge >= 0.3 is 6.09 Å². The number of hydrogen-bond donors (Lipinski definition) is 1. The third kappa shape index (κ3) is 5.64. The topological polar surface area (TPSA) is 41.9 Å². The number of carbonyl (C=O) groups is 1. The molecule has 0 atom stereocenters. The van der Waals surface area contributed by atoms with Crippen LogP contribution in [0.1, 0.15) is 20.8 Å². The van der Waals surface area contributed by atoms with E-state index in [0.29, 0.717) is 17.3 Å². The zero-order valence-corrected chi connectivity index (χ0v) is 9.84. The molecule has 1 amide bonds. The number of thiol groups is 1. The smallest absolute Gasteiger partial charge is 0.413 e. The number of amides is 1. The van der Waals surface area contributed by atoms with Gasteiger partial charge in [0.1, 0.15) is 0 Å². The molecule has 0 N–H and O–H groups in total. The van der Waals surface area contributed by atoms with Crippen molar-refractivity contribution in [2.45, 2.75) is 20.8 Å². The van der Waals surface area contributed by atoms with Crippen LogP contribution >= 0.6 is 12.6 Å². The summed E-state index contributed by atoms with van der Waals surface area (Å²) in [5, 5.41) is 0.649. The van der Waals surface area contributed by atoms with Crippen LogP contribution in [-0.4, -0.2) is 29.7 Å². The van der Waals surface area contributed by atoms with E-state index in [4.69, 9.17) is 4.74 Å². The van der Waals surface area contributed by atoms with Crippen LogP contribution in [0, 0.1) is 0 Å². The van der Waals surface area contributed by atoms with Crippen molar-refractivity contribution >= 4 is 23.8 Å². The van der Waals surface area contributed by atoms with Gasteiger partial charge in [-0.15, -0.1) is 12.6 Å². The van der Waals surface area contributed by atoms with Gasteiger partial charge in [-0.2, -0.15) is 0 Å². The van der Waals surface area contributed by atoms with Gasteiger partial charge in [0, 0.05) is 13.2 Å². The SMILES string of the molecule is CCOC(=O)N(C)/C=C(C)/N=C(/C)S. The van der Waals surface area contributed by atoms with Gasteiger partial charge in [-0.25, -0.2) is 4.79 Å². The molecule has 0 saturated heterocycles. The molecule has 0 fully saturated rings. The van der Waals surface area contributed by atoms with Crippen LogP contribution in [0.3, 0.4) is 0 Å². The number of rotatable bonds is 3. The van der Waals surface area contributed by atoms with E-state index in [1.54, 1.807) is 34.0 Å². The number of carbonyl (C=O) groups excluding carboxylic acids is 1. The standard InChI is InChI=1S/C9H16N2O2S/c1-5-13-9(12)11(4)6-7(2)10-8(3)14/h6H,5H2,1-4H3,(H,10,14)/b7-6+. The van der Waals surface area contributed by atoms with E-state index < -0.39 is 0 Å². The van der Waals surface area contributed by atoms with Crippen LogP contribution in [0.2, 0.25) is 0 Å².